The van der Waals surface area contributed by atoms with E-state index in [4.69, 9.17) is 32.7 Å². The predicted molar refractivity (Wildman–Crippen MR) is 87.7 cm³/mol. The summed E-state index contributed by atoms with van der Waals surface area (Å²) in [4.78, 5) is 14.6. The van der Waals surface area contributed by atoms with Crippen LogP contribution in [-0.4, -0.2) is 19.1 Å². The Morgan fingerprint density at radius 1 is 1.09 bits per heavy atom. The van der Waals surface area contributed by atoms with Gasteiger partial charge in [0.15, 0.2) is 0 Å². The van der Waals surface area contributed by atoms with Gasteiger partial charge in [0.05, 0.1) is 25.4 Å². The van der Waals surface area contributed by atoms with Crippen LogP contribution >= 0.6 is 23.2 Å². The first-order valence-electron chi connectivity index (χ1n) is 7.25. The maximum atomic E-state index is 13.0. The van der Waals surface area contributed by atoms with Gasteiger partial charge >= 0.3 is 0 Å². The zero-order valence-corrected chi connectivity index (χ0v) is 13.6. The Morgan fingerprint density at radius 3 is 2.57 bits per heavy atom. The molecule has 6 heteroatoms. The molecule has 0 saturated carbocycles. The molecule has 1 fully saturated rings. The van der Waals surface area contributed by atoms with E-state index in [2.05, 4.69) is 0 Å². The van der Waals surface area contributed by atoms with E-state index in [0.717, 1.165) is 11.3 Å². The van der Waals surface area contributed by atoms with E-state index in [-0.39, 0.29) is 5.91 Å². The Hall–Kier alpha value is -1.59. The molecule has 1 spiro atoms. The molecule has 118 valence electrons. The van der Waals surface area contributed by atoms with Gasteiger partial charge in [-0.25, -0.2) is 0 Å². The highest BCUT2D eigenvalue weighted by Crippen LogP contribution is 2.47. The van der Waals surface area contributed by atoms with E-state index in [9.17, 15) is 4.79 Å². The second kappa shape index (κ2) is 5.49. The highest BCUT2D eigenvalue weighted by molar-refractivity contribution is 6.31. The molecule has 2 aromatic rings. The van der Waals surface area contributed by atoms with Crippen molar-refractivity contribution in [2.75, 3.05) is 18.1 Å². The minimum Gasteiger partial charge on any atom is -0.336 e. The molecule has 2 heterocycles. The maximum absolute atomic E-state index is 13.0. The zero-order valence-electron chi connectivity index (χ0n) is 12.1. The number of amides is 1. The van der Waals surface area contributed by atoms with Crippen molar-refractivity contribution in [3.63, 3.8) is 0 Å². The van der Waals surface area contributed by atoms with Gasteiger partial charge in [0.25, 0.3) is 11.7 Å². The van der Waals surface area contributed by atoms with Crippen LogP contribution in [0.5, 0.6) is 0 Å². The first-order valence-corrected chi connectivity index (χ1v) is 8.01. The largest absolute Gasteiger partial charge is 0.336 e. The number of nitrogens with zero attached hydrogens (tertiary/aromatic N) is 1. The molecule has 23 heavy (non-hydrogen) atoms. The summed E-state index contributed by atoms with van der Waals surface area (Å²) < 4.78 is 11.4. The number of rotatable bonds is 2. The minimum absolute atomic E-state index is 0.243. The Balaban J connectivity index is 1.80. The highest BCUT2D eigenvalue weighted by atomic mass is 35.5. The average Bonchev–Trinajstić information content (AvgIpc) is 3.11. The number of halogens is 2. The van der Waals surface area contributed by atoms with Gasteiger partial charge in [0.1, 0.15) is 0 Å². The zero-order chi connectivity index (χ0) is 16.0. The summed E-state index contributed by atoms with van der Waals surface area (Å²) in [6.45, 7) is 1.09. The van der Waals surface area contributed by atoms with Crippen LogP contribution in [0.15, 0.2) is 42.5 Å². The van der Waals surface area contributed by atoms with Crippen LogP contribution in [0.3, 0.4) is 0 Å². The average molecular weight is 350 g/mol. The third kappa shape index (κ3) is 2.25. The number of hydrogen-bond acceptors (Lipinski definition) is 3. The van der Waals surface area contributed by atoms with Gasteiger partial charge in [0, 0.05) is 15.6 Å². The van der Waals surface area contributed by atoms with Crippen molar-refractivity contribution in [3.8, 4) is 0 Å². The van der Waals surface area contributed by atoms with E-state index in [0.29, 0.717) is 35.4 Å². The van der Waals surface area contributed by atoms with E-state index in [1.165, 1.54) is 0 Å². The molecule has 0 aromatic heterocycles. The van der Waals surface area contributed by atoms with Gasteiger partial charge in [-0.2, -0.15) is 0 Å². The number of anilines is 1. The topological polar surface area (TPSA) is 38.8 Å². The van der Waals surface area contributed by atoms with Crippen molar-refractivity contribution in [3.05, 3.63) is 63.6 Å². The lowest BCUT2D eigenvalue weighted by molar-refractivity contribution is -0.180. The summed E-state index contributed by atoms with van der Waals surface area (Å²) in [6, 6.07) is 12.7. The molecule has 1 saturated heterocycles. The molecule has 0 atom stereocenters. The van der Waals surface area contributed by atoms with E-state index in [1.54, 1.807) is 23.1 Å². The second-order valence-corrected chi connectivity index (χ2v) is 6.30. The minimum atomic E-state index is -1.37. The molecule has 0 unspecified atom stereocenters. The molecular formula is C17H13Cl2NO3. The Bertz CT molecular complexity index is 787. The van der Waals surface area contributed by atoms with E-state index in [1.807, 2.05) is 24.3 Å². The maximum Gasteiger partial charge on any atom is 0.292 e. The van der Waals surface area contributed by atoms with Crippen molar-refractivity contribution in [1.82, 2.24) is 0 Å². The van der Waals surface area contributed by atoms with Crippen LogP contribution < -0.4 is 4.90 Å². The normalized spacial score (nSPS) is 18.7. The Kier molecular flexibility index (Phi) is 3.58. The molecule has 2 aliphatic heterocycles. The van der Waals surface area contributed by atoms with Gasteiger partial charge < -0.3 is 14.4 Å². The van der Waals surface area contributed by atoms with Crippen LogP contribution in [0.2, 0.25) is 10.0 Å². The van der Waals surface area contributed by atoms with Crippen molar-refractivity contribution < 1.29 is 14.3 Å². The molecule has 1 amide bonds. The van der Waals surface area contributed by atoms with Crippen LogP contribution in [0.4, 0.5) is 5.69 Å². The highest BCUT2D eigenvalue weighted by Gasteiger charge is 2.56. The molecule has 0 aliphatic carbocycles. The van der Waals surface area contributed by atoms with Crippen LogP contribution in [0, 0.1) is 0 Å². The van der Waals surface area contributed by atoms with Gasteiger partial charge in [-0.1, -0.05) is 41.4 Å². The van der Waals surface area contributed by atoms with Crippen molar-refractivity contribution in [2.45, 2.75) is 12.3 Å². The number of carbonyl (C=O) groups is 1. The smallest absolute Gasteiger partial charge is 0.292 e. The predicted octanol–water partition coefficient (Wildman–Crippen LogP) is 3.74. The third-order valence-corrected chi connectivity index (χ3v) is 4.71. The summed E-state index contributed by atoms with van der Waals surface area (Å²) in [6.07, 6.45) is 0. The van der Waals surface area contributed by atoms with Gasteiger partial charge in [0.2, 0.25) is 0 Å². The summed E-state index contributed by atoms with van der Waals surface area (Å²) in [5.74, 6) is -1.62. The van der Waals surface area contributed by atoms with Crippen LogP contribution in [0.25, 0.3) is 0 Å². The van der Waals surface area contributed by atoms with Gasteiger partial charge in [-0.15, -0.1) is 0 Å². The van der Waals surface area contributed by atoms with E-state index < -0.39 is 5.79 Å². The summed E-state index contributed by atoms with van der Waals surface area (Å²) >= 11 is 12.3. The monoisotopic (exact) mass is 349 g/mol. The van der Waals surface area contributed by atoms with Gasteiger partial charge in [-0.3, -0.25) is 4.79 Å². The number of ether oxygens (including phenoxy) is 2. The summed E-state index contributed by atoms with van der Waals surface area (Å²) in [5, 5.41) is 1.15. The molecule has 0 radical (unpaired) electrons. The van der Waals surface area contributed by atoms with Gasteiger partial charge in [-0.05, 0) is 29.8 Å². The first kappa shape index (κ1) is 15.0. The number of fused-ring (bicyclic) bond motifs is 2. The third-order valence-electron chi connectivity index (χ3n) is 4.11. The second-order valence-electron chi connectivity index (χ2n) is 5.46. The molecule has 2 aliphatic rings. The molecule has 0 bridgehead atoms. The summed E-state index contributed by atoms with van der Waals surface area (Å²) in [5.41, 5.74) is 2.25. The number of benzene rings is 2. The molecule has 2 aromatic carbocycles. The van der Waals surface area contributed by atoms with Crippen LogP contribution in [-0.2, 0) is 26.6 Å². The Morgan fingerprint density at radius 2 is 1.83 bits per heavy atom. The molecule has 4 nitrogen and oxygen atoms in total. The first-order chi connectivity index (χ1) is 11.1. The lowest BCUT2D eigenvalue weighted by Gasteiger charge is -2.22. The lowest BCUT2D eigenvalue weighted by Crippen LogP contribution is -2.40. The molecular weight excluding hydrogens is 337 g/mol. The van der Waals surface area contributed by atoms with E-state index >= 15 is 0 Å². The van der Waals surface area contributed by atoms with Crippen molar-refractivity contribution in [2.24, 2.45) is 0 Å². The SMILES string of the molecule is O=C1N(Cc2ccccc2Cl)c2ccc(Cl)cc2C12OCCO2. The molecule has 0 N–H and O–H groups in total. The Labute approximate surface area is 143 Å². The standard InChI is InChI=1S/C17H13Cl2NO3/c18-12-5-6-15-13(9-12)17(22-7-8-23-17)16(21)20(15)10-11-3-1-2-4-14(11)19/h1-6,9H,7-8,10H2. The van der Waals surface area contributed by atoms with Crippen LogP contribution in [0.1, 0.15) is 11.1 Å². The van der Waals surface area contributed by atoms with Crippen molar-refractivity contribution >= 4 is 34.8 Å². The fourth-order valence-electron chi connectivity index (χ4n) is 3.05. The fourth-order valence-corrected chi connectivity index (χ4v) is 3.42. The lowest BCUT2D eigenvalue weighted by atomic mass is 10.1. The van der Waals surface area contributed by atoms with Crippen molar-refractivity contribution in [1.29, 1.82) is 0 Å². The quantitative estimate of drug-likeness (QED) is 0.828. The number of carbonyl (C=O) groups excluding carboxylic acids is 1. The molecule has 4 rings (SSSR count). The number of hydrogen-bond donors (Lipinski definition) is 0. The summed E-state index contributed by atoms with van der Waals surface area (Å²) in [7, 11) is 0. The fraction of sp³-hybridized carbons (Fsp3) is 0.235.